The van der Waals surface area contributed by atoms with Crippen LogP contribution in [-0.2, 0) is 20.7 Å². The van der Waals surface area contributed by atoms with Crippen molar-refractivity contribution in [3.63, 3.8) is 0 Å². The zero-order chi connectivity index (χ0) is 23.5. The van der Waals surface area contributed by atoms with Crippen LogP contribution in [0.3, 0.4) is 0 Å². The summed E-state index contributed by atoms with van der Waals surface area (Å²) in [4.78, 5) is 21.2. The minimum absolute atomic E-state index is 0.0394. The Morgan fingerprint density at radius 2 is 1.67 bits per heavy atom. The van der Waals surface area contributed by atoms with E-state index >= 15 is 0 Å². The van der Waals surface area contributed by atoms with Crippen molar-refractivity contribution < 1.29 is 19.0 Å². The molecule has 0 N–H and O–H groups in total. The Labute approximate surface area is 198 Å². The van der Waals surface area contributed by atoms with Crippen LogP contribution >= 0.6 is 0 Å². The number of aromatic nitrogens is 2. The molecule has 0 aliphatic carbocycles. The quantitative estimate of drug-likeness (QED) is 0.189. The summed E-state index contributed by atoms with van der Waals surface area (Å²) in [6, 6.07) is 7.47. The molecule has 6 heteroatoms. The highest BCUT2D eigenvalue weighted by Gasteiger charge is 2.39. The molecule has 0 spiro atoms. The molecule has 0 radical (unpaired) electrons. The number of hydrogen-bond acceptors (Lipinski definition) is 6. The van der Waals surface area contributed by atoms with Crippen molar-refractivity contribution in [2.75, 3.05) is 6.61 Å². The maximum absolute atomic E-state index is 12.2. The van der Waals surface area contributed by atoms with Crippen molar-refractivity contribution in [1.82, 2.24) is 9.97 Å². The molecule has 180 valence electrons. The third-order valence-electron chi connectivity index (χ3n) is 5.93. The van der Waals surface area contributed by atoms with Crippen molar-refractivity contribution in [3.8, 4) is 17.1 Å². The Morgan fingerprint density at radius 3 is 2.36 bits per heavy atom. The first-order valence-electron chi connectivity index (χ1n) is 12.5. The van der Waals surface area contributed by atoms with Gasteiger partial charge in [-0.1, -0.05) is 52.4 Å². The average molecular weight is 455 g/mol. The van der Waals surface area contributed by atoms with Crippen LogP contribution in [0.25, 0.3) is 11.4 Å². The lowest BCUT2D eigenvalue weighted by atomic mass is 10.1. The molecule has 33 heavy (non-hydrogen) atoms. The number of ether oxygens (including phenoxy) is 3. The number of aryl methyl sites for hydroxylation is 1. The van der Waals surface area contributed by atoms with E-state index in [1.165, 1.54) is 44.1 Å². The topological polar surface area (TPSA) is 73.8 Å². The SMILES string of the molecule is CCCCCCCCc1cnc(-c2ccc(O[C@H](C)C(=O)OC[C@@H]3O[C@H]3CCC)cc2)nc1. The van der Waals surface area contributed by atoms with Crippen LogP contribution in [0.1, 0.15) is 77.7 Å². The van der Waals surface area contributed by atoms with Crippen LogP contribution in [-0.4, -0.2) is 40.9 Å². The van der Waals surface area contributed by atoms with Crippen LogP contribution in [0.5, 0.6) is 5.75 Å². The molecule has 2 heterocycles. The smallest absolute Gasteiger partial charge is 0.347 e. The largest absolute Gasteiger partial charge is 0.479 e. The number of carbonyl (C=O) groups excluding carboxylic acids is 1. The first kappa shape index (κ1) is 25.2. The zero-order valence-corrected chi connectivity index (χ0v) is 20.3. The maximum Gasteiger partial charge on any atom is 0.347 e. The Balaban J connectivity index is 1.40. The van der Waals surface area contributed by atoms with Crippen LogP contribution in [0, 0.1) is 0 Å². The van der Waals surface area contributed by atoms with Crippen LogP contribution in [0.4, 0.5) is 0 Å². The van der Waals surface area contributed by atoms with E-state index in [2.05, 4.69) is 23.8 Å². The van der Waals surface area contributed by atoms with Gasteiger partial charge in [0.05, 0.1) is 6.10 Å². The van der Waals surface area contributed by atoms with E-state index < -0.39 is 6.10 Å². The number of unbranched alkanes of at least 4 members (excludes halogenated alkanes) is 5. The molecule has 1 aromatic carbocycles. The molecule has 0 bridgehead atoms. The van der Waals surface area contributed by atoms with Gasteiger partial charge >= 0.3 is 5.97 Å². The van der Waals surface area contributed by atoms with Crippen LogP contribution in [0.15, 0.2) is 36.7 Å². The fraction of sp³-hybridized carbons (Fsp3) is 0.593. The van der Waals surface area contributed by atoms with Crippen molar-refractivity contribution in [2.24, 2.45) is 0 Å². The van der Waals surface area contributed by atoms with Gasteiger partial charge in [0.25, 0.3) is 0 Å². The number of carbonyl (C=O) groups is 1. The Kier molecular flexibility index (Phi) is 10.1. The number of epoxide rings is 1. The monoisotopic (exact) mass is 454 g/mol. The van der Waals surface area contributed by atoms with E-state index in [0.29, 0.717) is 18.2 Å². The van der Waals surface area contributed by atoms with Gasteiger partial charge in [-0.25, -0.2) is 14.8 Å². The standard InChI is InChI=1S/C27H38N2O4/c1-4-6-7-8-9-10-12-21-17-28-26(29-18-21)22-13-15-23(16-14-22)32-20(3)27(30)31-19-25-24(33-25)11-5-2/h13-18,20,24-25H,4-12,19H2,1-3H3/t20-,24+,25+/m1/s1. The van der Waals surface area contributed by atoms with Crippen LogP contribution < -0.4 is 4.74 Å². The summed E-state index contributed by atoms with van der Waals surface area (Å²) in [5.41, 5.74) is 2.09. The predicted octanol–water partition coefficient (Wildman–Crippen LogP) is 5.92. The maximum atomic E-state index is 12.2. The second-order valence-corrected chi connectivity index (χ2v) is 8.85. The molecule has 1 saturated heterocycles. The molecular formula is C27H38N2O4. The second kappa shape index (κ2) is 13.3. The van der Waals surface area contributed by atoms with Gasteiger partial charge in [0.1, 0.15) is 18.5 Å². The number of hydrogen-bond donors (Lipinski definition) is 0. The molecule has 3 atom stereocenters. The van der Waals surface area contributed by atoms with E-state index in [9.17, 15) is 4.79 Å². The third kappa shape index (κ3) is 8.43. The van der Waals surface area contributed by atoms with Crippen molar-refractivity contribution in [2.45, 2.75) is 96.9 Å². The molecule has 1 aliphatic heterocycles. The lowest BCUT2D eigenvalue weighted by Crippen LogP contribution is -2.27. The summed E-state index contributed by atoms with van der Waals surface area (Å²) in [5.74, 6) is 0.912. The van der Waals surface area contributed by atoms with E-state index in [4.69, 9.17) is 14.2 Å². The highest BCUT2D eigenvalue weighted by Crippen LogP contribution is 2.27. The fourth-order valence-electron chi connectivity index (χ4n) is 3.82. The first-order chi connectivity index (χ1) is 16.1. The third-order valence-corrected chi connectivity index (χ3v) is 5.93. The highest BCUT2D eigenvalue weighted by molar-refractivity contribution is 5.74. The average Bonchev–Trinajstić information content (AvgIpc) is 3.58. The lowest BCUT2D eigenvalue weighted by Gasteiger charge is -2.14. The lowest BCUT2D eigenvalue weighted by molar-refractivity contribution is -0.151. The minimum atomic E-state index is -0.684. The van der Waals surface area contributed by atoms with E-state index in [-0.39, 0.29) is 18.2 Å². The minimum Gasteiger partial charge on any atom is -0.479 e. The van der Waals surface area contributed by atoms with Crippen molar-refractivity contribution in [3.05, 3.63) is 42.2 Å². The summed E-state index contributed by atoms with van der Waals surface area (Å²) < 4.78 is 16.5. The molecule has 6 nitrogen and oxygen atoms in total. The highest BCUT2D eigenvalue weighted by atomic mass is 16.6. The fourth-order valence-corrected chi connectivity index (χ4v) is 3.82. The molecule has 1 fully saturated rings. The summed E-state index contributed by atoms with van der Waals surface area (Å²) >= 11 is 0. The first-order valence-corrected chi connectivity index (χ1v) is 12.5. The molecule has 0 saturated carbocycles. The number of esters is 1. The molecule has 0 unspecified atom stereocenters. The zero-order valence-electron chi connectivity index (χ0n) is 20.3. The van der Waals surface area contributed by atoms with E-state index in [1.54, 1.807) is 6.92 Å². The molecule has 1 aliphatic rings. The summed E-state index contributed by atoms with van der Waals surface area (Å²) in [5, 5.41) is 0. The number of benzene rings is 1. The summed E-state index contributed by atoms with van der Waals surface area (Å²) in [6.45, 7) is 6.34. The second-order valence-electron chi connectivity index (χ2n) is 8.85. The van der Waals surface area contributed by atoms with E-state index in [0.717, 1.165) is 24.8 Å². The molecule has 2 aromatic rings. The summed E-state index contributed by atoms with van der Waals surface area (Å²) in [6.07, 6.45) is 14.2. The predicted molar refractivity (Wildman–Crippen MR) is 129 cm³/mol. The number of nitrogens with zero attached hydrogens (tertiary/aromatic N) is 2. The van der Waals surface area contributed by atoms with Gasteiger partial charge in [-0.3, -0.25) is 0 Å². The molecule has 3 rings (SSSR count). The van der Waals surface area contributed by atoms with Gasteiger partial charge in [0, 0.05) is 18.0 Å². The van der Waals surface area contributed by atoms with Gasteiger partial charge in [0.15, 0.2) is 11.9 Å². The van der Waals surface area contributed by atoms with Crippen molar-refractivity contribution >= 4 is 5.97 Å². The van der Waals surface area contributed by atoms with Gasteiger partial charge in [-0.05, 0) is 56.0 Å². The normalized spacial score (nSPS) is 18.0. The Hall–Kier alpha value is -2.47. The van der Waals surface area contributed by atoms with Crippen LogP contribution in [0.2, 0.25) is 0 Å². The van der Waals surface area contributed by atoms with Gasteiger partial charge in [-0.15, -0.1) is 0 Å². The van der Waals surface area contributed by atoms with Crippen molar-refractivity contribution in [1.29, 1.82) is 0 Å². The Morgan fingerprint density at radius 1 is 0.970 bits per heavy atom. The van der Waals surface area contributed by atoms with E-state index in [1.807, 2.05) is 36.7 Å². The van der Waals surface area contributed by atoms with Gasteiger partial charge in [-0.2, -0.15) is 0 Å². The summed E-state index contributed by atoms with van der Waals surface area (Å²) in [7, 11) is 0. The molecular weight excluding hydrogens is 416 g/mol. The molecule has 1 aromatic heterocycles. The Bertz CT molecular complexity index is 838. The number of rotatable bonds is 15. The van der Waals surface area contributed by atoms with Gasteiger partial charge < -0.3 is 14.2 Å². The van der Waals surface area contributed by atoms with Gasteiger partial charge in [0.2, 0.25) is 0 Å². The molecule has 0 amide bonds.